The van der Waals surface area contributed by atoms with Crippen LogP contribution in [0, 0.1) is 17.0 Å². The van der Waals surface area contributed by atoms with Gasteiger partial charge in [0, 0.05) is 10.2 Å². The molecule has 0 saturated heterocycles. The number of ether oxygens (including phenoxy) is 1. The number of hydrogen-bond donors (Lipinski definition) is 1. The molecule has 25 heavy (non-hydrogen) atoms. The van der Waals surface area contributed by atoms with Crippen molar-refractivity contribution in [3.8, 4) is 11.6 Å². The minimum absolute atomic E-state index is 0.0708. The number of nitro groups is 1. The Balaban J connectivity index is 1.98. The second kappa shape index (κ2) is 7.27. The van der Waals surface area contributed by atoms with Crippen molar-refractivity contribution in [1.29, 1.82) is 0 Å². The predicted octanol–water partition coefficient (Wildman–Crippen LogP) is 4.99. The number of aromatic nitrogens is 2. The second-order valence-electron chi connectivity index (χ2n) is 5.13. The molecule has 0 radical (unpaired) electrons. The summed E-state index contributed by atoms with van der Waals surface area (Å²) in [6.07, 6.45) is 1.22. The van der Waals surface area contributed by atoms with Gasteiger partial charge in [0.15, 0.2) is 0 Å². The lowest BCUT2D eigenvalue weighted by Crippen LogP contribution is -2.04. The van der Waals surface area contributed by atoms with Crippen molar-refractivity contribution in [1.82, 2.24) is 9.97 Å². The minimum atomic E-state index is -0.561. The van der Waals surface area contributed by atoms with Crippen molar-refractivity contribution in [2.75, 3.05) is 5.32 Å². The van der Waals surface area contributed by atoms with Gasteiger partial charge in [-0.05, 0) is 42.8 Å². The van der Waals surface area contributed by atoms with Crippen molar-refractivity contribution in [3.63, 3.8) is 0 Å². The molecule has 1 heterocycles. The van der Waals surface area contributed by atoms with Gasteiger partial charge in [-0.3, -0.25) is 10.1 Å². The molecule has 8 heteroatoms. The van der Waals surface area contributed by atoms with Gasteiger partial charge in [-0.2, -0.15) is 4.98 Å². The van der Waals surface area contributed by atoms with Crippen LogP contribution in [0.4, 0.5) is 17.2 Å². The summed E-state index contributed by atoms with van der Waals surface area (Å²) in [6, 6.07) is 14.3. The number of hydrogen-bond acceptors (Lipinski definition) is 6. The first kappa shape index (κ1) is 16.8. The zero-order valence-electron chi connectivity index (χ0n) is 13.1. The molecule has 3 rings (SSSR count). The first-order valence-electron chi connectivity index (χ1n) is 7.30. The van der Waals surface area contributed by atoms with Crippen LogP contribution in [0.2, 0.25) is 0 Å². The maximum atomic E-state index is 11.6. The fourth-order valence-electron chi connectivity index (χ4n) is 2.15. The maximum Gasteiger partial charge on any atom is 0.373 e. The molecule has 1 N–H and O–H groups in total. The summed E-state index contributed by atoms with van der Waals surface area (Å²) in [7, 11) is 0. The summed E-state index contributed by atoms with van der Waals surface area (Å²) in [5.41, 5.74) is 1.33. The molecule has 0 atom stereocenters. The standard InChI is InChI=1S/C17H13BrN4O3/c1-11-4-2-3-5-14(11)21-16-15(22(23)24)17(20-10-19-16)25-13-8-6-12(18)7-9-13/h2-10H,1H3,(H,19,20,21). The number of nitrogens with one attached hydrogen (secondary N) is 1. The van der Waals surface area contributed by atoms with Crippen LogP contribution in [0.25, 0.3) is 0 Å². The molecule has 0 aliphatic heterocycles. The molecule has 1 aromatic heterocycles. The summed E-state index contributed by atoms with van der Waals surface area (Å²) in [5.74, 6) is 0.381. The lowest BCUT2D eigenvalue weighted by Gasteiger charge is -2.11. The van der Waals surface area contributed by atoms with Gasteiger partial charge < -0.3 is 10.1 Å². The number of aryl methyl sites for hydroxylation is 1. The number of anilines is 2. The van der Waals surface area contributed by atoms with E-state index in [9.17, 15) is 10.1 Å². The molecule has 7 nitrogen and oxygen atoms in total. The number of benzene rings is 2. The van der Waals surface area contributed by atoms with E-state index in [4.69, 9.17) is 4.74 Å². The third-order valence-corrected chi connectivity index (χ3v) is 3.93. The third-order valence-electron chi connectivity index (χ3n) is 3.40. The zero-order valence-corrected chi connectivity index (χ0v) is 14.7. The Labute approximate surface area is 152 Å². The summed E-state index contributed by atoms with van der Waals surface area (Å²) in [5, 5.41) is 14.5. The van der Waals surface area contributed by atoms with Gasteiger partial charge in [0.25, 0.3) is 0 Å². The molecule has 3 aromatic rings. The first-order chi connectivity index (χ1) is 12.0. The lowest BCUT2D eigenvalue weighted by molar-refractivity contribution is -0.385. The molecule has 2 aromatic carbocycles. The monoisotopic (exact) mass is 400 g/mol. The molecular formula is C17H13BrN4O3. The molecule has 0 aliphatic carbocycles. The van der Waals surface area contributed by atoms with Crippen LogP contribution >= 0.6 is 15.9 Å². The Bertz CT molecular complexity index is 916. The van der Waals surface area contributed by atoms with Crippen LogP contribution in [0.1, 0.15) is 5.56 Å². The van der Waals surface area contributed by atoms with E-state index >= 15 is 0 Å². The van der Waals surface area contributed by atoms with E-state index in [0.29, 0.717) is 5.75 Å². The Morgan fingerprint density at radius 3 is 2.52 bits per heavy atom. The van der Waals surface area contributed by atoms with Gasteiger partial charge in [-0.15, -0.1) is 0 Å². The summed E-state index contributed by atoms with van der Waals surface area (Å²) in [4.78, 5) is 18.9. The van der Waals surface area contributed by atoms with Gasteiger partial charge in [0.1, 0.15) is 12.1 Å². The molecule has 126 valence electrons. The van der Waals surface area contributed by atoms with Crippen LogP contribution in [0.5, 0.6) is 11.6 Å². The third kappa shape index (κ3) is 3.92. The SMILES string of the molecule is Cc1ccccc1Nc1ncnc(Oc2ccc(Br)cc2)c1[N+](=O)[O-]. The molecule has 0 fully saturated rings. The molecule has 0 unspecified atom stereocenters. The smallest absolute Gasteiger partial charge is 0.373 e. The molecule has 0 aliphatic rings. The van der Waals surface area contributed by atoms with Crippen molar-refractivity contribution < 1.29 is 9.66 Å². The second-order valence-corrected chi connectivity index (χ2v) is 6.04. The average molecular weight is 401 g/mol. The number of para-hydroxylation sites is 1. The predicted molar refractivity (Wildman–Crippen MR) is 97.4 cm³/mol. The summed E-state index contributed by atoms with van der Waals surface area (Å²) in [6.45, 7) is 1.90. The van der Waals surface area contributed by atoms with Gasteiger partial charge in [0.05, 0.1) is 4.92 Å². The molecular weight excluding hydrogens is 388 g/mol. The lowest BCUT2D eigenvalue weighted by atomic mass is 10.2. The highest BCUT2D eigenvalue weighted by molar-refractivity contribution is 9.10. The topological polar surface area (TPSA) is 90.2 Å². The zero-order chi connectivity index (χ0) is 17.8. The van der Waals surface area contributed by atoms with Crippen molar-refractivity contribution in [3.05, 3.63) is 75.0 Å². The van der Waals surface area contributed by atoms with E-state index in [-0.39, 0.29) is 17.4 Å². The van der Waals surface area contributed by atoms with E-state index in [1.165, 1.54) is 6.33 Å². The quantitative estimate of drug-likeness (QED) is 0.479. The largest absolute Gasteiger partial charge is 0.434 e. The Morgan fingerprint density at radius 2 is 1.84 bits per heavy atom. The fourth-order valence-corrected chi connectivity index (χ4v) is 2.41. The molecule has 0 saturated carbocycles. The van der Waals surface area contributed by atoms with Gasteiger partial charge in [-0.25, -0.2) is 4.98 Å². The van der Waals surface area contributed by atoms with E-state index in [1.807, 2.05) is 31.2 Å². The van der Waals surface area contributed by atoms with Crippen molar-refractivity contribution in [2.45, 2.75) is 6.92 Å². The van der Waals surface area contributed by atoms with Gasteiger partial charge in [0.2, 0.25) is 5.82 Å². The average Bonchev–Trinajstić information content (AvgIpc) is 2.59. The van der Waals surface area contributed by atoms with Crippen molar-refractivity contribution >= 4 is 33.1 Å². The highest BCUT2D eigenvalue weighted by Crippen LogP contribution is 2.36. The van der Waals surface area contributed by atoms with Gasteiger partial charge >= 0.3 is 11.6 Å². The highest BCUT2D eigenvalue weighted by atomic mass is 79.9. The van der Waals surface area contributed by atoms with Crippen molar-refractivity contribution in [2.24, 2.45) is 0 Å². The van der Waals surface area contributed by atoms with Crippen LogP contribution in [0.15, 0.2) is 59.3 Å². The number of halogens is 1. The summed E-state index contributed by atoms with van der Waals surface area (Å²) >= 11 is 3.32. The fraction of sp³-hybridized carbons (Fsp3) is 0.0588. The van der Waals surface area contributed by atoms with Crippen LogP contribution in [-0.2, 0) is 0 Å². The molecule has 0 bridgehead atoms. The van der Waals surface area contributed by atoms with E-state index in [0.717, 1.165) is 15.7 Å². The molecule has 0 spiro atoms. The van der Waals surface area contributed by atoms with E-state index in [2.05, 4.69) is 31.2 Å². The highest BCUT2D eigenvalue weighted by Gasteiger charge is 2.25. The summed E-state index contributed by atoms with van der Waals surface area (Å²) < 4.78 is 6.45. The maximum absolute atomic E-state index is 11.6. The normalized spacial score (nSPS) is 10.3. The van der Waals surface area contributed by atoms with Crippen LogP contribution < -0.4 is 10.1 Å². The Morgan fingerprint density at radius 1 is 1.12 bits per heavy atom. The number of nitrogens with zero attached hydrogens (tertiary/aromatic N) is 3. The van der Waals surface area contributed by atoms with Gasteiger partial charge in [-0.1, -0.05) is 34.1 Å². The Kier molecular flexibility index (Phi) is 4.90. The van der Waals surface area contributed by atoms with E-state index in [1.54, 1.807) is 24.3 Å². The Hall–Kier alpha value is -3.00. The molecule has 0 amide bonds. The van der Waals surface area contributed by atoms with E-state index < -0.39 is 4.92 Å². The van der Waals surface area contributed by atoms with Crippen LogP contribution in [0.3, 0.4) is 0 Å². The van der Waals surface area contributed by atoms with Crippen LogP contribution in [-0.4, -0.2) is 14.9 Å². The number of rotatable bonds is 5. The first-order valence-corrected chi connectivity index (χ1v) is 8.09. The minimum Gasteiger partial charge on any atom is -0.434 e.